The molecule has 3 heterocycles. The highest BCUT2D eigenvalue weighted by atomic mass is 15.3. The van der Waals surface area contributed by atoms with Gasteiger partial charge in [-0.25, -0.2) is 0 Å². The van der Waals surface area contributed by atoms with Gasteiger partial charge in [-0.2, -0.15) is 5.10 Å². The van der Waals surface area contributed by atoms with Crippen molar-refractivity contribution in [3.05, 3.63) is 54.4 Å². The average molecular weight is 319 g/mol. The highest BCUT2D eigenvalue weighted by molar-refractivity contribution is 5.92. The van der Waals surface area contributed by atoms with Crippen LogP contribution in [0.15, 0.2) is 48.7 Å². The van der Waals surface area contributed by atoms with Gasteiger partial charge in [-0.1, -0.05) is 18.2 Å². The standard InChI is InChI=1S/C19H21N5/c1-15-14-18(16-6-2-3-7-17(16)21-15)23-10-5-11-24(13-12-23)19-8-4-9-20-22-19/h2-4,6-9,14H,5,10-13H2,1H3. The minimum atomic E-state index is 0.953. The number of fused-ring (bicyclic) bond motifs is 1. The summed E-state index contributed by atoms with van der Waals surface area (Å²) in [5.41, 5.74) is 3.43. The summed E-state index contributed by atoms with van der Waals surface area (Å²) in [6.45, 7) is 6.05. The fourth-order valence-corrected chi connectivity index (χ4v) is 3.40. The molecule has 0 spiro atoms. The molecule has 24 heavy (non-hydrogen) atoms. The van der Waals surface area contributed by atoms with E-state index in [1.807, 2.05) is 12.1 Å². The summed E-state index contributed by atoms with van der Waals surface area (Å²) < 4.78 is 0. The Bertz CT molecular complexity index is 834. The molecular formula is C19H21N5. The van der Waals surface area contributed by atoms with Crippen molar-refractivity contribution < 1.29 is 0 Å². The van der Waals surface area contributed by atoms with E-state index in [2.05, 4.69) is 62.2 Å². The highest BCUT2D eigenvalue weighted by Gasteiger charge is 2.18. The van der Waals surface area contributed by atoms with Gasteiger partial charge in [-0.3, -0.25) is 4.98 Å². The molecule has 0 radical (unpaired) electrons. The van der Waals surface area contributed by atoms with Crippen LogP contribution in [-0.4, -0.2) is 41.4 Å². The van der Waals surface area contributed by atoms with Gasteiger partial charge in [-0.05, 0) is 37.6 Å². The van der Waals surface area contributed by atoms with E-state index in [0.29, 0.717) is 0 Å². The molecule has 4 rings (SSSR count). The molecule has 0 N–H and O–H groups in total. The number of aryl methyl sites for hydroxylation is 1. The van der Waals surface area contributed by atoms with Crippen molar-refractivity contribution in [2.24, 2.45) is 0 Å². The number of pyridine rings is 1. The summed E-state index contributed by atoms with van der Waals surface area (Å²) in [5.74, 6) is 0.968. The van der Waals surface area contributed by atoms with Crippen LogP contribution in [0.2, 0.25) is 0 Å². The van der Waals surface area contributed by atoms with Crippen LogP contribution >= 0.6 is 0 Å². The first-order chi connectivity index (χ1) is 11.8. The van der Waals surface area contributed by atoms with Gasteiger partial charge in [0.25, 0.3) is 0 Å². The summed E-state index contributed by atoms with van der Waals surface area (Å²) >= 11 is 0. The fourth-order valence-electron chi connectivity index (χ4n) is 3.40. The van der Waals surface area contributed by atoms with E-state index in [0.717, 1.165) is 49.6 Å². The number of para-hydroxylation sites is 1. The Kier molecular flexibility index (Phi) is 3.99. The predicted molar refractivity (Wildman–Crippen MR) is 97.6 cm³/mol. The lowest BCUT2D eigenvalue weighted by atomic mass is 10.1. The van der Waals surface area contributed by atoms with Crippen molar-refractivity contribution in [2.45, 2.75) is 13.3 Å². The molecule has 0 atom stereocenters. The minimum absolute atomic E-state index is 0.953. The molecule has 0 unspecified atom stereocenters. The third-order valence-electron chi connectivity index (χ3n) is 4.54. The fraction of sp³-hybridized carbons (Fsp3) is 0.316. The van der Waals surface area contributed by atoms with Crippen LogP contribution < -0.4 is 9.80 Å². The molecule has 1 aromatic carbocycles. The van der Waals surface area contributed by atoms with Crippen molar-refractivity contribution >= 4 is 22.4 Å². The number of anilines is 2. The molecule has 1 fully saturated rings. The molecule has 5 nitrogen and oxygen atoms in total. The predicted octanol–water partition coefficient (Wildman–Crippen LogP) is 3.05. The molecule has 1 aliphatic heterocycles. The summed E-state index contributed by atoms with van der Waals surface area (Å²) in [7, 11) is 0. The zero-order valence-electron chi connectivity index (χ0n) is 13.9. The number of benzene rings is 1. The van der Waals surface area contributed by atoms with E-state index in [1.165, 1.54) is 11.1 Å². The number of rotatable bonds is 2. The van der Waals surface area contributed by atoms with Gasteiger partial charge in [0.2, 0.25) is 0 Å². The third kappa shape index (κ3) is 2.89. The lowest BCUT2D eigenvalue weighted by molar-refractivity contribution is 0.786. The molecular weight excluding hydrogens is 298 g/mol. The molecule has 3 aromatic rings. The van der Waals surface area contributed by atoms with E-state index < -0.39 is 0 Å². The van der Waals surface area contributed by atoms with Crippen LogP contribution in [0.3, 0.4) is 0 Å². The van der Waals surface area contributed by atoms with E-state index >= 15 is 0 Å². The summed E-state index contributed by atoms with van der Waals surface area (Å²) in [6.07, 6.45) is 2.83. The molecule has 1 aliphatic rings. The van der Waals surface area contributed by atoms with Crippen LogP contribution in [-0.2, 0) is 0 Å². The number of hydrogen-bond donors (Lipinski definition) is 0. The van der Waals surface area contributed by atoms with Gasteiger partial charge in [0.15, 0.2) is 5.82 Å². The van der Waals surface area contributed by atoms with Gasteiger partial charge >= 0.3 is 0 Å². The van der Waals surface area contributed by atoms with Crippen LogP contribution in [0.25, 0.3) is 10.9 Å². The second-order valence-electron chi connectivity index (χ2n) is 6.21. The molecule has 0 saturated carbocycles. The van der Waals surface area contributed by atoms with Crippen LogP contribution in [0, 0.1) is 6.92 Å². The van der Waals surface area contributed by atoms with Gasteiger partial charge in [0, 0.05) is 49.1 Å². The van der Waals surface area contributed by atoms with E-state index in [9.17, 15) is 0 Å². The molecule has 2 aromatic heterocycles. The van der Waals surface area contributed by atoms with Crippen LogP contribution in [0.5, 0.6) is 0 Å². The highest BCUT2D eigenvalue weighted by Crippen LogP contribution is 2.28. The lowest BCUT2D eigenvalue weighted by Gasteiger charge is -2.25. The molecule has 5 heteroatoms. The molecule has 1 saturated heterocycles. The Hall–Kier alpha value is -2.69. The first-order valence-corrected chi connectivity index (χ1v) is 8.45. The molecule has 122 valence electrons. The Balaban J connectivity index is 1.62. The van der Waals surface area contributed by atoms with Crippen molar-refractivity contribution in [1.29, 1.82) is 0 Å². The largest absolute Gasteiger partial charge is 0.369 e. The molecule has 0 bridgehead atoms. The number of nitrogens with zero attached hydrogens (tertiary/aromatic N) is 5. The zero-order valence-corrected chi connectivity index (χ0v) is 13.9. The van der Waals surface area contributed by atoms with Crippen molar-refractivity contribution in [3.63, 3.8) is 0 Å². The average Bonchev–Trinajstić information content (AvgIpc) is 2.88. The lowest BCUT2D eigenvalue weighted by Crippen LogP contribution is -2.31. The number of aromatic nitrogens is 3. The molecule has 0 aliphatic carbocycles. The second-order valence-corrected chi connectivity index (χ2v) is 6.21. The van der Waals surface area contributed by atoms with Crippen LogP contribution in [0.1, 0.15) is 12.1 Å². The van der Waals surface area contributed by atoms with Crippen molar-refractivity contribution in [3.8, 4) is 0 Å². The Morgan fingerprint density at radius 3 is 2.62 bits per heavy atom. The first kappa shape index (κ1) is 14.9. The van der Waals surface area contributed by atoms with Gasteiger partial charge in [0.1, 0.15) is 0 Å². The third-order valence-corrected chi connectivity index (χ3v) is 4.54. The number of hydrogen-bond acceptors (Lipinski definition) is 5. The SMILES string of the molecule is Cc1cc(N2CCCN(c3cccnn3)CC2)c2ccccc2n1. The Morgan fingerprint density at radius 1 is 0.917 bits per heavy atom. The minimum Gasteiger partial charge on any atom is -0.369 e. The maximum Gasteiger partial charge on any atom is 0.151 e. The van der Waals surface area contributed by atoms with Gasteiger partial charge < -0.3 is 9.80 Å². The van der Waals surface area contributed by atoms with Crippen molar-refractivity contribution in [2.75, 3.05) is 36.0 Å². The van der Waals surface area contributed by atoms with Gasteiger partial charge in [-0.15, -0.1) is 5.10 Å². The normalized spacial score (nSPS) is 15.5. The summed E-state index contributed by atoms with van der Waals surface area (Å²) in [5, 5.41) is 9.49. The topological polar surface area (TPSA) is 45.2 Å². The molecule has 0 amide bonds. The maximum absolute atomic E-state index is 4.66. The Morgan fingerprint density at radius 2 is 1.75 bits per heavy atom. The smallest absolute Gasteiger partial charge is 0.151 e. The van der Waals surface area contributed by atoms with Gasteiger partial charge in [0.05, 0.1) is 5.52 Å². The van der Waals surface area contributed by atoms with Crippen LogP contribution in [0.4, 0.5) is 11.5 Å². The van der Waals surface area contributed by atoms with E-state index in [4.69, 9.17) is 0 Å². The maximum atomic E-state index is 4.66. The first-order valence-electron chi connectivity index (χ1n) is 8.45. The van der Waals surface area contributed by atoms with E-state index in [-0.39, 0.29) is 0 Å². The van der Waals surface area contributed by atoms with E-state index in [1.54, 1.807) is 6.20 Å². The second kappa shape index (κ2) is 6.43. The van der Waals surface area contributed by atoms with Crippen molar-refractivity contribution in [1.82, 2.24) is 15.2 Å². The Labute approximate surface area is 142 Å². The summed E-state index contributed by atoms with van der Waals surface area (Å²) in [4.78, 5) is 9.46. The summed E-state index contributed by atoms with van der Waals surface area (Å²) in [6, 6.07) is 14.6. The zero-order chi connectivity index (χ0) is 16.4. The monoisotopic (exact) mass is 319 g/mol. The quantitative estimate of drug-likeness (QED) is 0.726.